The van der Waals surface area contributed by atoms with Gasteiger partial charge in [-0.05, 0) is 25.1 Å². The lowest BCUT2D eigenvalue weighted by molar-refractivity contribution is -0.149. The summed E-state index contributed by atoms with van der Waals surface area (Å²) >= 11 is 1.33. The van der Waals surface area contributed by atoms with E-state index in [1.807, 2.05) is 31.2 Å². The predicted octanol–water partition coefficient (Wildman–Crippen LogP) is 3.66. The van der Waals surface area contributed by atoms with E-state index in [-0.39, 0.29) is 18.1 Å². The van der Waals surface area contributed by atoms with E-state index in [2.05, 4.69) is 6.07 Å². The number of thioether (sulfide) groups is 1. The highest BCUT2D eigenvalue weighted by molar-refractivity contribution is 8.03. The standard InChI is InChI=1S/C23H22N2O4S/c1-14-4-6-15(7-5-14)23(27)13-30-22-19(12-24)17(11-21(26)25(22)23)18-10-16(28-2)8-9-20(18)29-3/h4-10,17,27H,11,13H2,1-3H3/t17-,23+/m1/s1. The second-order valence-corrected chi connectivity index (χ2v) is 8.36. The van der Waals surface area contributed by atoms with Gasteiger partial charge >= 0.3 is 0 Å². The minimum absolute atomic E-state index is 0.0602. The Morgan fingerprint density at radius 2 is 1.93 bits per heavy atom. The molecule has 0 aromatic heterocycles. The summed E-state index contributed by atoms with van der Waals surface area (Å²) in [6, 6.07) is 15.1. The van der Waals surface area contributed by atoms with E-state index in [1.54, 1.807) is 32.4 Å². The van der Waals surface area contributed by atoms with Crippen LogP contribution in [0.15, 0.2) is 53.1 Å². The smallest absolute Gasteiger partial charge is 0.231 e. The molecule has 7 heteroatoms. The molecule has 0 spiro atoms. The van der Waals surface area contributed by atoms with Gasteiger partial charge in [0, 0.05) is 23.5 Å². The summed E-state index contributed by atoms with van der Waals surface area (Å²) < 4.78 is 10.8. The first-order chi connectivity index (χ1) is 14.4. The quantitative estimate of drug-likeness (QED) is 0.810. The molecular formula is C23H22N2O4S. The first-order valence-corrected chi connectivity index (χ1v) is 10.5. The van der Waals surface area contributed by atoms with Crippen LogP contribution in [0.4, 0.5) is 0 Å². The van der Waals surface area contributed by atoms with Crippen LogP contribution in [-0.2, 0) is 10.5 Å². The molecule has 2 atom stereocenters. The number of nitrogens with zero attached hydrogens (tertiary/aromatic N) is 2. The third-order valence-corrected chi connectivity index (χ3v) is 6.86. The molecule has 154 valence electrons. The normalized spacial score (nSPS) is 23.2. The van der Waals surface area contributed by atoms with E-state index in [0.717, 1.165) is 11.1 Å². The van der Waals surface area contributed by atoms with Gasteiger partial charge in [0.15, 0.2) is 5.72 Å². The van der Waals surface area contributed by atoms with Crippen molar-refractivity contribution < 1.29 is 19.4 Å². The molecule has 30 heavy (non-hydrogen) atoms. The molecule has 0 aliphatic carbocycles. The maximum Gasteiger partial charge on any atom is 0.231 e. The maximum atomic E-state index is 13.3. The Morgan fingerprint density at radius 3 is 2.57 bits per heavy atom. The fourth-order valence-electron chi connectivity index (χ4n) is 4.04. The first kappa shape index (κ1) is 20.3. The van der Waals surface area contributed by atoms with E-state index in [0.29, 0.717) is 27.7 Å². The Morgan fingerprint density at radius 1 is 1.20 bits per heavy atom. The molecule has 2 aromatic carbocycles. The van der Waals surface area contributed by atoms with Gasteiger partial charge in [-0.3, -0.25) is 9.69 Å². The molecule has 4 rings (SSSR count). The number of hydrogen-bond donors (Lipinski definition) is 1. The van der Waals surface area contributed by atoms with Crippen LogP contribution in [0.1, 0.15) is 29.0 Å². The highest BCUT2D eigenvalue weighted by Crippen LogP contribution is 2.52. The van der Waals surface area contributed by atoms with Crippen LogP contribution < -0.4 is 9.47 Å². The van der Waals surface area contributed by atoms with Gasteiger partial charge in [0.05, 0.1) is 36.6 Å². The van der Waals surface area contributed by atoms with Crippen molar-refractivity contribution in [3.05, 3.63) is 69.8 Å². The number of fused-ring (bicyclic) bond motifs is 1. The van der Waals surface area contributed by atoms with Gasteiger partial charge in [0.25, 0.3) is 0 Å². The highest BCUT2D eigenvalue weighted by atomic mass is 32.2. The fraction of sp³-hybridized carbons (Fsp3) is 0.304. The summed E-state index contributed by atoms with van der Waals surface area (Å²) in [6.07, 6.45) is 0.0602. The molecule has 2 aliphatic rings. The van der Waals surface area contributed by atoms with Crippen LogP contribution >= 0.6 is 11.8 Å². The molecular weight excluding hydrogens is 400 g/mol. The number of amides is 1. The lowest BCUT2D eigenvalue weighted by Crippen LogP contribution is -2.48. The van der Waals surface area contributed by atoms with E-state index in [4.69, 9.17) is 9.47 Å². The molecule has 1 N–H and O–H groups in total. The van der Waals surface area contributed by atoms with Gasteiger partial charge in [-0.1, -0.05) is 29.8 Å². The van der Waals surface area contributed by atoms with Crippen molar-refractivity contribution in [3.8, 4) is 17.6 Å². The van der Waals surface area contributed by atoms with Crippen molar-refractivity contribution in [2.45, 2.75) is 25.0 Å². The van der Waals surface area contributed by atoms with Crippen LogP contribution in [0.25, 0.3) is 0 Å². The molecule has 1 fully saturated rings. The number of benzene rings is 2. The summed E-state index contributed by atoms with van der Waals surface area (Å²) in [6.45, 7) is 1.97. The number of allylic oxidation sites excluding steroid dienone is 1. The lowest BCUT2D eigenvalue weighted by Gasteiger charge is -2.38. The Bertz CT molecular complexity index is 1070. The first-order valence-electron chi connectivity index (χ1n) is 9.54. The zero-order chi connectivity index (χ0) is 21.5. The van der Waals surface area contributed by atoms with Crippen LogP contribution in [0.3, 0.4) is 0 Å². The van der Waals surface area contributed by atoms with Gasteiger partial charge in [-0.2, -0.15) is 5.26 Å². The molecule has 6 nitrogen and oxygen atoms in total. The second kappa shape index (κ2) is 7.71. The third kappa shape index (κ3) is 3.13. The average molecular weight is 423 g/mol. The number of methoxy groups -OCH3 is 2. The average Bonchev–Trinajstić information content (AvgIpc) is 3.12. The fourth-order valence-corrected chi connectivity index (χ4v) is 5.40. The Kier molecular flexibility index (Phi) is 5.22. The molecule has 0 bridgehead atoms. The molecule has 0 saturated carbocycles. The Hall–Kier alpha value is -2.95. The van der Waals surface area contributed by atoms with Crippen molar-refractivity contribution in [1.29, 1.82) is 5.26 Å². The minimum atomic E-state index is -1.48. The van der Waals surface area contributed by atoms with Crippen molar-refractivity contribution in [2.75, 3.05) is 20.0 Å². The molecule has 2 heterocycles. The number of nitriles is 1. The predicted molar refractivity (Wildman–Crippen MR) is 114 cm³/mol. The van der Waals surface area contributed by atoms with Crippen molar-refractivity contribution in [2.24, 2.45) is 0 Å². The Labute approximate surface area is 179 Å². The number of ether oxygens (including phenoxy) is 2. The SMILES string of the molecule is COc1ccc(OC)c([C@H]2CC(=O)N3C(=C2C#N)SC[C@]3(O)c2ccc(C)cc2)c1. The van der Waals surface area contributed by atoms with Crippen molar-refractivity contribution >= 4 is 17.7 Å². The molecule has 1 saturated heterocycles. The topological polar surface area (TPSA) is 82.8 Å². The molecule has 2 aromatic rings. The van der Waals surface area contributed by atoms with Gasteiger partial charge in [0.2, 0.25) is 5.91 Å². The van der Waals surface area contributed by atoms with Gasteiger partial charge in [-0.25, -0.2) is 0 Å². The number of carbonyl (C=O) groups excluding carboxylic acids is 1. The summed E-state index contributed by atoms with van der Waals surface area (Å²) in [4.78, 5) is 14.7. The van der Waals surface area contributed by atoms with Crippen LogP contribution in [0, 0.1) is 18.3 Å². The lowest BCUT2D eigenvalue weighted by atomic mass is 9.84. The van der Waals surface area contributed by atoms with Crippen molar-refractivity contribution in [3.63, 3.8) is 0 Å². The number of aliphatic hydroxyl groups is 1. The zero-order valence-electron chi connectivity index (χ0n) is 17.0. The van der Waals surface area contributed by atoms with Gasteiger partial charge in [0.1, 0.15) is 11.5 Å². The molecule has 2 aliphatic heterocycles. The van der Waals surface area contributed by atoms with E-state index in [9.17, 15) is 15.2 Å². The van der Waals surface area contributed by atoms with Gasteiger partial charge in [-0.15, -0.1) is 11.8 Å². The van der Waals surface area contributed by atoms with E-state index in [1.165, 1.54) is 16.7 Å². The number of aryl methyl sites for hydroxylation is 1. The summed E-state index contributed by atoms with van der Waals surface area (Å²) in [5, 5.41) is 22.0. The van der Waals surface area contributed by atoms with Gasteiger partial charge < -0.3 is 14.6 Å². The summed E-state index contributed by atoms with van der Waals surface area (Å²) in [5.41, 5.74) is 1.40. The Balaban J connectivity index is 1.83. The maximum absolute atomic E-state index is 13.3. The highest BCUT2D eigenvalue weighted by Gasteiger charge is 2.52. The van der Waals surface area contributed by atoms with Crippen molar-refractivity contribution in [1.82, 2.24) is 4.90 Å². The van der Waals surface area contributed by atoms with E-state index >= 15 is 0 Å². The molecule has 0 radical (unpaired) electrons. The largest absolute Gasteiger partial charge is 0.497 e. The van der Waals surface area contributed by atoms with Crippen LogP contribution in [0.5, 0.6) is 11.5 Å². The summed E-state index contributed by atoms with van der Waals surface area (Å²) in [7, 11) is 3.12. The second-order valence-electron chi connectivity index (χ2n) is 7.40. The molecule has 1 amide bonds. The van der Waals surface area contributed by atoms with Crippen LogP contribution in [0.2, 0.25) is 0 Å². The zero-order valence-corrected chi connectivity index (χ0v) is 17.8. The third-order valence-electron chi connectivity index (χ3n) is 5.64. The minimum Gasteiger partial charge on any atom is -0.497 e. The number of rotatable bonds is 4. The number of carbonyl (C=O) groups is 1. The summed E-state index contributed by atoms with van der Waals surface area (Å²) in [5.74, 6) is 0.786. The van der Waals surface area contributed by atoms with Crippen LogP contribution in [-0.4, -0.2) is 35.9 Å². The monoisotopic (exact) mass is 422 g/mol. The molecule has 0 unspecified atom stereocenters. The number of hydrogen-bond acceptors (Lipinski definition) is 6. The van der Waals surface area contributed by atoms with E-state index < -0.39 is 11.6 Å².